The predicted octanol–water partition coefficient (Wildman–Crippen LogP) is 2.55. The summed E-state index contributed by atoms with van der Waals surface area (Å²) in [5, 5.41) is 0. The van der Waals surface area contributed by atoms with E-state index >= 15 is 0 Å². The SMILES string of the molecule is CC(c1nc2cc(CN)ccc2n1C)C1CC1. The summed E-state index contributed by atoms with van der Waals surface area (Å²) in [5.41, 5.74) is 9.12. The van der Waals surface area contributed by atoms with Gasteiger partial charge in [-0.3, -0.25) is 0 Å². The van der Waals surface area contributed by atoms with Crippen molar-refractivity contribution in [3.63, 3.8) is 0 Å². The van der Waals surface area contributed by atoms with Crippen molar-refractivity contribution in [3.8, 4) is 0 Å². The lowest BCUT2D eigenvalue weighted by Crippen LogP contribution is -2.04. The smallest absolute Gasteiger partial charge is 0.112 e. The van der Waals surface area contributed by atoms with Crippen molar-refractivity contribution in [1.29, 1.82) is 0 Å². The van der Waals surface area contributed by atoms with E-state index in [1.54, 1.807) is 0 Å². The minimum absolute atomic E-state index is 0.578. The van der Waals surface area contributed by atoms with E-state index < -0.39 is 0 Å². The van der Waals surface area contributed by atoms with Crippen LogP contribution in [-0.4, -0.2) is 9.55 Å². The molecule has 1 unspecified atom stereocenters. The zero-order valence-corrected chi connectivity index (χ0v) is 10.5. The van der Waals surface area contributed by atoms with Crippen LogP contribution in [0.3, 0.4) is 0 Å². The van der Waals surface area contributed by atoms with E-state index in [-0.39, 0.29) is 0 Å². The molecule has 1 heterocycles. The molecule has 2 aromatic rings. The number of hydrogen-bond acceptors (Lipinski definition) is 2. The van der Waals surface area contributed by atoms with Crippen molar-refractivity contribution in [1.82, 2.24) is 9.55 Å². The van der Waals surface area contributed by atoms with Gasteiger partial charge in [0.2, 0.25) is 0 Å². The lowest BCUT2D eigenvalue weighted by atomic mass is 10.1. The third-order valence-electron chi connectivity index (χ3n) is 3.95. The van der Waals surface area contributed by atoms with Gasteiger partial charge in [0, 0.05) is 19.5 Å². The molecule has 3 rings (SSSR count). The predicted molar refractivity (Wildman–Crippen MR) is 69.7 cm³/mol. The normalized spacial score (nSPS) is 17.6. The quantitative estimate of drug-likeness (QED) is 0.879. The largest absolute Gasteiger partial charge is 0.331 e. The van der Waals surface area contributed by atoms with Gasteiger partial charge in [0.1, 0.15) is 5.82 Å². The van der Waals surface area contributed by atoms with Crippen molar-refractivity contribution in [2.45, 2.75) is 32.2 Å². The molecule has 1 atom stereocenters. The van der Waals surface area contributed by atoms with Crippen LogP contribution in [0.5, 0.6) is 0 Å². The van der Waals surface area contributed by atoms with Gasteiger partial charge in [0.15, 0.2) is 0 Å². The highest BCUT2D eigenvalue weighted by molar-refractivity contribution is 5.77. The molecule has 1 aliphatic rings. The zero-order valence-electron chi connectivity index (χ0n) is 10.5. The minimum atomic E-state index is 0.578. The first kappa shape index (κ1) is 10.8. The van der Waals surface area contributed by atoms with E-state index in [9.17, 15) is 0 Å². The molecule has 3 nitrogen and oxygen atoms in total. The van der Waals surface area contributed by atoms with E-state index in [0.717, 1.165) is 17.0 Å². The highest BCUT2D eigenvalue weighted by atomic mass is 15.1. The second kappa shape index (κ2) is 3.84. The van der Waals surface area contributed by atoms with E-state index in [1.165, 1.54) is 24.2 Å². The Morgan fingerprint density at radius 2 is 2.24 bits per heavy atom. The van der Waals surface area contributed by atoms with E-state index in [2.05, 4.69) is 36.7 Å². The summed E-state index contributed by atoms with van der Waals surface area (Å²) in [6.45, 7) is 2.88. The molecule has 2 N–H and O–H groups in total. The molecule has 3 heteroatoms. The van der Waals surface area contributed by atoms with Crippen LogP contribution in [0.2, 0.25) is 0 Å². The lowest BCUT2D eigenvalue weighted by molar-refractivity contribution is 0.599. The fourth-order valence-corrected chi connectivity index (χ4v) is 2.61. The summed E-state index contributed by atoms with van der Waals surface area (Å²) in [6.07, 6.45) is 2.72. The Labute approximate surface area is 102 Å². The number of aryl methyl sites for hydroxylation is 1. The van der Waals surface area contributed by atoms with Gasteiger partial charge in [-0.15, -0.1) is 0 Å². The van der Waals surface area contributed by atoms with Gasteiger partial charge < -0.3 is 10.3 Å². The number of nitrogens with zero attached hydrogens (tertiary/aromatic N) is 2. The zero-order chi connectivity index (χ0) is 12.0. The second-order valence-electron chi connectivity index (χ2n) is 5.18. The van der Waals surface area contributed by atoms with Crippen LogP contribution in [0.15, 0.2) is 18.2 Å². The molecule has 17 heavy (non-hydrogen) atoms. The molecule has 0 aliphatic heterocycles. The van der Waals surface area contributed by atoms with Crippen LogP contribution in [0, 0.1) is 5.92 Å². The Morgan fingerprint density at radius 1 is 1.47 bits per heavy atom. The minimum Gasteiger partial charge on any atom is -0.331 e. The summed E-state index contributed by atoms with van der Waals surface area (Å²) in [7, 11) is 2.12. The van der Waals surface area contributed by atoms with Gasteiger partial charge in [-0.1, -0.05) is 13.0 Å². The third-order valence-corrected chi connectivity index (χ3v) is 3.95. The third kappa shape index (κ3) is 1.75. The van der Waals surface area contributed by atoms with Crippen molar-refractivity contribution in [3.05, 3.63) is 29.6 Å². The van der Waals surface area contributed by atoms with Crippen molar-refractivity contribution in [2.24, 2.45) is 18.7 Å². The molecule has 1 aliphatic carbocycles. The van der Waals surface area contributed by atoms with Crippen LogP contribution < -0.4 is 5.73 Å². The molecular formula is C14H19N3. The van der Waals surface area contributed by atoms with Crippen molar-refractivity contribution < 1.29 is 0 Å². The van der Waals surface area contributed by atoms with Crippen LogP contribution in [0.1, 0.15) is 37.1 Å². The number of hydrogen-bond donors (Lipinski definition) is 1. The van der Waals surface area contributed by atoms with E-state index in [4.69, 9.17) is 10.7 Å². The lowest BCUT2D eigenvalue weighted by Gasteiger charge is -2.09. The topological polar surface area (TPSA) is 43.8 Å². The fraction of sp³-hybridized carbons (Fsp3) is 0.500. The van der Waals surface area contributed by atoms with Crippen LogP contribution >= 0.6 is 0 Å². The molecule has 0 radical (unpaired) electrons. The molecule has 1 fully saturated rings. The molecule has 0 saturated heterocycles. The highest BCUT2D eigenvalue weighted by Gasteiger charge is 2.31. The Hall–Kier alpha value is -1.35. The number of imidazole rings is 1. The van der Waals surface area contributed by atoms with Gasteiger partial charge in [-0.05, 0) is 36.5 Å². The van der Waals surface area contributed by atoms with Gasteiger partial charge in [0.25, 0.3) is 0 Å². The molecule has 0 bridgehead atoms. The van der Waals surface area contributed by atoms with Gasteiger partial charge in [-0.2, -0.15) is 0 Å². The monoisotopic (exact) mass is 229 g/mol. The molecule has 0 spiro atoms. The van der Waals surface area contributed by atoms with Crippen LogP contribution in [-0.2, 0) is 13.6 Å². The standard InChI is InChI=1S/C14H19N3/c1-9(11-4-5-11)14-16-12-7-10(8-15)3-6-13(12)17(14)2/h3,6-7,9,11H,4-5,8,15H2,1-2H3. The number of fused-ring (bicyclic) bond motifs is 1. The van der Waals surface area contributed by atoms with Gasteiger partial charge >= 0.3 is 0 Å². The number of nitrogens with two attached hydrogens (primary N) is 1. The van der Waals surface area contributed by atoms with Gasteiger partial charge in [-0.25, -0.2) is 4.98 Å². The van der Waals surface area contributed by atoms with Crippen molar-refractivity contribution >= 4 is 11.0 Å². The highest BCUT2D eigenvalue weighted by Crippen LogP contribution is 2.42. The van der Waals surface area contributed by atoms with Crippen LogP contribution in [0.4, 0.5) is 0 Å². The molecule has 1 saturated carbocycles. The van der Waals surface area contributed by atoms with E-state index in [0.29, 0.717) is 12.5 Å². The maximum absolute atomic E-state index is 5.67. The Kier molecular flexibility index (Phi) is 2.44. The summed E-state index contributed by atoms with van der Waals surface area (Å²) in [6, 6.07) is 6.34. The first-order valence-corrected chi connectivity index (χ1v) is 6.36. The maximum atomic E-state index is 5.67. The molecule has 1 aromatic heterocycles. The molecule has 1 aromatic carbocycles. The van der Waals surface area contributed by atoms with Gasteiger partial charge in [0.05, 0.1) is 11.0 Å². The Bertz CT molecular complexity index is 552. The first-order valence-electron chi connectivity index (χ1n) is 6.36. The molecule has 0 amide bonds. The Morgan fingerprint density at radius 3 is 2.88 bits per heavy atom. The average Bonchev–Trinajstić information content (AvgIpc) is 3.14. The van der Waals surface area contributed by atoms with Crippen LogP contribution in [0.25, 0.3) is 11.0 Å². The Balaban J connectivity index is 2.10. The number of aromatic nitrogens is 2. The number of benzene rings is 1. The molecular weight excluding hydrogens is 210 g/mol. The summed E-state index contributed by atoms with van der Waals surface area (Å²) in [4.78, 5) is 4.79. The summed E-state index contributed by atoms with van der Waals surface area (Å²) >= 11 is 0. The summed E-state index contributed by atoms with van der Waals surface area (Å²) in [5.74, 6) is 2.64. The van der Waals surface area contributed by atoms with Crippen molar-refractivity contribution in [2.75, 3.05) is 0 Å². The summed E-state index contributed by atoms with van der Waals surface area (Å²) < 4.78 is 2.23. The van der Waals surface area contributed by atoms with E-state index in [1.807, 2.05) is 0 Å². The first-order chi connectivity index (χ1) is 8.20. The maximum Gasteiger partial charge on any atom is 0.112 e. The average molecular weight is 229 g/mol. The fourth-order valence-electron chi connectivity index (χ4n) is 2.61. The molecule has 90 valence electrons. The number of rotatable bonds is 3. The second-order valence-corrected chi connectivity index (χ2v) is 5.18.